The van der Waals surface area contributed by atoms with E-state index in [0.29, 0.717) is 27.6 Å². The lowest BCUT2D eigenvalue weighted by Crippen LogP contribution is -2.57. The monoisotopic (exact) mass is 462 g/mol. The second-order valence-electron chi connectivity index (χ2n) is 7.89. The Morgan fingerprint density at radius 2 is 1.61 bits per heavy atom. The van der Waals surface area contributed by atoms with Crippen molar-refractivity contribution in [1.29, 1.82) is 21.2 Å². The van der Waals surface area contributed by atoms with Gasteiger partial charge in [-0.25, -0.2) is 0 Å². The number of halogens is 1. The molecule has 4 rings (SSSR count). The summed E-state index contributed by atoms with van der Waals surface area (Å²) in [5.74, 6) is -2.14. The molecule has 0 aliphatic carbocycles. The summed E-state index contributed by atoms with van der Waals surface area (Å²) < 4.78 is 23.1. The zero-order chi connectivity index (χ0) is 24.0. The first-order chi connectivity index (χ1) is 15.8. The van der Waals surface area contributed by atoms with Gasteiger partial charge in [-0.05, 0) is 29.8 Å². The van der Waals surface area contributed by atoms with E-state index in [1.807, 2.05) is 12.1 Å². The Bertz CT molecular complexity index is 1250. The highest BCUT2D eigenvalue weighted by molar-refractivity contribution is 6.30. The van der Waals surface area contributed by atoms with Crippen LogP contribution in [0.15, 0.2) is 42.5 Å². The fourth-order valence-electron chi connectivity index (χ4n) is 4.87. The Balaban J connectivity index is 2.02. The number of fused-ring (bicyclic) bond motifs is 2. The molecule has 2 aromatic rings. The second kappa shape index (κ2) is 7.67. The first-order valence-electron chi connectivity index (χ1n) is 9.97. The molecule has 9 heteroatoms. The van der Waals surface area contributed by atoms with Gasteiger partial charge in [0.25, 0.3) is 0 Å². The Labute approximate surface area is 195 Å². The van der Waals surface area contributed by atoms with Crippen LogP contribution < -0.4 is 9.47 Å². The fourth-order valence-corrected chi connectivity index (χ4v) is 4.99. The average Bonchev–Trinajstić information content (AvgIpc) is 3.00. The molecule has 2 aromatic carbocycles. The van der Waals surface area contributed by atoms with Gasteiger partial charge in [-0.2, -0.15) is 15.8 Å². The molecule has 2 heterocycles. The van der Waals surface area contributed by atoms with Crippen molar-refractivity contribution in [3.05, 3.63) is 58.6 Å². The molecule has 0 radical (unpaired) electrons. The van der Waals surface area contributed by atoms with Crippen LogP contribution in [-0.4, -0.2) is 20.1 Å². The minimum absolute atomic E-state index is 0.358. The number of hydrogen-bond acceptors (Lipinski definition) is 8. The van der Waals surface area contributed by atoms with Gasteiger partial charge in [0.2, 0.25) is 17.1 Å². The summed E-state index contributed by atoms with van der Waals surface area (Å²) in [7, 11) is 2.95. The van der Waals surface area contributed by atoms with Gasteiger partial charge >= 0.3 is 0 Å². The molecule has 33 heavy (non-hydrogen) atoms. The van der Waals surface area contributed by atoms with Crippen molar-refractivity contribution in [1.82, 2.24) is 0 Å². The minimum Gasteiger partial charge on any atom is -0.493 e. The molecule has 4 atom stereocenters. The molecule has 0 aromatic heterocycles. The maximum atomic E-state index is 10.4. The highest BCUT2D eigenvalue weighted by Crippen LogP contribution is 2.69. The number of methoxy groups -OCH3 is 2. The lowest BCUT2D eigenvalue weighted by molar-refractivity contribution is -0.288. The third kappa shape index (κ3) is 2.67. The van der Waals surface area contributed by atoms with Crippen LogP contribution in [0, 0.1) is 56.2 Å². The number of ether oxygens (including phenoxy) is 4. The van der Waals surface area contributed by atoms with E-state index in [1.165, 1.54) is 14.2 Å². The van der Waals surface area contributed by atoms with E-state index in [-0.39, 0.29) is 0 Å². The normalized spacial score (nSPS) is 29.2. The van der Waals surface area contributed by atoms with Crippen LogP contribution in [0.5, 0.6) is 11.5 Å². The molecule has 2 aliphatic rings. The molecule has 2 saturated heterocycles. The van der Waals surface area contributed by atoms with Gasteiger partial charge in [-0.3, -0.25) is 5.41 Å². The molecule has 8 nitrogen and oxygen atoms in total. The van der Waals surface area contributed by atoms with Crippen molar-refractivity contribution in [3.63, 3.8) is 0 Å². The van der Waals surface area contributed by atoms with Crippen molar-refractivity contribution in [2.24, 2.45) is 16.7 Å². The first-order valence-corrected chi connectivity index (χ1v) is 10.4. The van der Waals surface area contributed by atoms with Crippen molar-refractivity contribution in [3.8, 4) is 29.7 Å². The van der Waals surface area contributed by atoms with Gasteiger partial charge in [-0.15, -0.1) is 0 Å². The van der Waals surface area contributed by atoms with Crippen molar-refractivity contribution >= 4 is 17.5 Å². The highest BCUT2D eigenvalue weighted by Gasteiger charge is 2.79. The molecule has 2 bridgehead atoms. The highest BCUT2D eigenvalue weighted by atomic mass is 35.5. The molecule has 0 saturated carbocycles. The van der Waals surface area contributed by atoms with Crippen LogP contribution in [0.4, 0.5) is 0 Å². The number of nitrogens with zero attached hydrogens (tertiary/aromatic N) is 3. The number of nitrogens with one attached hydrogen (secondary N) is 1. The van der Waals surface area contributed by atoms with Crippen molar-refractivity contribution < 1.29 is 18.9 Å². The van der Waals surface area contributed by atoms with E-state index in [1.54, 1.807) is 49.4 Å². The molecule has 4 unspecified atom stereocenters. The van der Waals surface area contributed by atoms with Crippen LogP contribution in [0.25, 0.3) is 0 Å². The first kappa shape index (κ1) is 22.4. The Morgan fingerprint density at radius 3 is 2.15 bits per heavy atom. The Hall–Kier alpha value is -3.77. The molecule has 0 spiro atoms. The minimum atomic E-state index is -2.08. The smallest absolute Gasteiger partial charge is 0.244 e. The summed E-state index contributed by atoms with van der Waals surface area (Å²) in [6.45, 7) is 1.65. The summed E-state index contributed by atoms with van der Waals surface area (Å²) in [6, 6.07) is 17.6. The fraction of sp³-hybridized carbons (Fsp3) is 0.333. The lowest BCUT2D eigenvalue weighted by Gasteiger charge is -2.48. The van der Waals surface area contributed by atoms with Crippen LogP contribution >= 0.6 is 11.6 Å². The second-order valence-corrected chi connectivity index (χ2v) is 8.33. The van der Waals surface area contributed by atoms with Crippen LogP contribution in [0.3, 0.4) is 0 Å². The van der Waals surface area contributed by atoms with Crippen LogP contribution in [0.1, 0.15) is 24.2 Å². The maximum absolute atomic E-state index is 10.4. The van der Waals surface area contributed by atoms with Crippen LogP contribution in [0.2, 0.25) is 5.02 Å². The van der Waals surface area contributed by atoms with E-state index < -0.39 is 34.5 Å². The summed E-state index contributed by atoms with van der Waals surface area (Å²) in [6.07, 6.45) is -1.25. The van der Waals surface area contributed by atoms with Gasteiger partial charge in [-0.1, -0.05) is 36.7 Å². The maximum Gasteiger partial charge on any atom is 0.244 e. The largest absolute Gasteiger partial charge is 0.493 e. The van der Waals surface area contributed by atoms with Crippen molar-refractivity contribution in [2.45, 2.75) is 18.8 Å². The van der Waals surface area contributed by atoms with Gasteiger partial charge in [0.15, 0.2) is 16.9 Å². The molecule has 166 valence electrons. The average molecular weight is 463 g/mol. The molecule has 1 N–H and O–H groups in total. The third-order valence-electron chi connectivity index (χ3n) is 6.63. The standard InChI is InChI=1S/C24H19ClN4O4/c1-14-23(13-28)21(29)33-24(14,16-5-7-17(25)8-6-16)32-20(22(23,11-26)12-27)15-4-9-18(30-2)19(10-15)31-3/h4-10,14,20,29H,1-3H3. The van der Waals surface area contributed by atoms with Gasteiger partial charge in [0.1, 0.15) is 6.10 Å². The molecule has 2 aliphatic heterocycles. The molecular weight excluding hydrogens is 444 g/mol. The number of benzene rings is 2. The van der Waals surface area contributed by atoms with E-state index in [0.717, 1.165) is 0 Å². The van der Waals surface area contributed by atoms with Gasteiger partial charge < -0.3 is 18.9 Å². The number of nitriles is 3. The zero-order valence-electron chi connectivity index (χ0n) is 18.0. The SMILES string of the molecule is COc1ccc(C2OC3(c4ccc(Cl)cc4)OC(=N)C(C#N)(C3C)C2(C#N)C#N)cc1OC. The van der Waals surface area contributed by atoms with E-state index >= 15 is 0 Å². The van der Waals surface area contributed by atoms with E-state index in [2.05, 4.69) is 6.07 Å². The topological polar surface area (TPSA) is 132 Å². The summed E-state index contributed by atoms with van der Waals surface area (Å²) in [5.41, 5.74) is -3.06. The molecule has 2 fully saturated rings. The summed E-state index contributed by atoms with van der Waals surface area (Å²) in [4.78, 5) is 0. The zero-order valence-corrected chi connectivity index (χ0v) is 18.8. The van der Waals surface area contributed by atoms with Gasteiger partial charge in [0.05, 0.1) is 38.3 Å². The van der Waals surface area contributed by atoms with Crippen molar-refractivity contribution in [2.75, 3.05) is 14.2 Å². The predicted octanol–water partition coefficient (Wildman–Crippen LogP) is 4.47. The summed E-state index contributed by atoms with van der Waals surface area (Å²) in [5, 5.41) is 40.1. The predicted molar refractivity (Wildman–Crippen MR) is 116 cm³/mol. The quantitative estimate of drug-likeness (QED) is 0.708. The van der Waals surface area contributed by atoms with E-state index in [4.69, 9.17) is 36.0 Å². The Morgan fingerprint density at radius 1 is 0.970 bits per heavy atom. The van der Waals surface area contributed by atoms with E-state index in [9.17, 15) is 15.8 Å². The summed E-state index contributed by atoms with van der Waals surface area (Å²) >= 11 is 6.06. The molecule has 0 amide bonds. The molecular formula is C24H19ClN4O4. The Kier molecular flexibility index (Phi) is 5.21. The number of rotatable bonds is 4. The van der Waals surface area contributed by atoms with Gasteiger partial charge in [0, 0.05) is 10.6 Å². The number of hydrogen-bond donors (Lipinski definition) is 1. The third-order valence-corrected chi connectivity index (χ3v) is 6.88. The lowest BCUT2D eigenvalue weighted by atomic mass is 9.53. The van der Waals surface area contributed by atoms with Crippen LogP contribution in [-0.2, 0) is 15.3 Å².